The van der Waals surface area contributed by atoms with Crippen LogP contribution in [-0.4, -0.2) is 25.6 Å². The third kappa shape index (κ3) is 3.98. The molecule has 30 heavy (non-hydrogen) atoms. The minimum atomic E-state index is -1.76. The van der Waals surface area contributed by atoms with Crippen LogP contribution >= 0.6 is 0 Å². The Bertz CT molecular complexity index is 606. The van der Waals surface area contributed by atoms with Crippen molar-refractivity contribution in [1.29, 1.82) is 0 Å². The molecule has 0 bridgehead atoms. The second kappa shape index (κ2) is 8.17. The molecule has 0 aliphatic heterocycles. The van der Waals surface area contributed by atoms with Crippen LogP contribution in [0.3, 0.4) is 0 Å². The van der Waals surface area contributed by atoms with Crippen molar-refractivity contribution in [3.63, 3.8) is 0 Å². The van der Waals surface area contributed by atoms with E-state index in [1.807, 2.05) is 0 Å². The van der Waals surface area contributed by atoms with Crippen LogP contribution in [0.4, 0.5) is 0 Å². The maximum Gasteiger partial charge on any atom is 0.192 e. The highest BCUT2D eigenvalue weighted by molar-refractivity contribution is 6.74. The van der Waals surface area contributed by atoms with Crippen molar-refractivity contribution in [1.82, 2.24) is 0 Å². The molecule has 0 amide bonds. The normalized spacial score (nSPS) is 44.3. The SMILES string of the molecule is CCC1C2C(CCC1(C)C)[C@@]1(C)CCC(O[Si](C)(C)C(C)(C)C)C[C@H]1[C@@H](CC)[C@H]2O. The molecule has 0 saturated heterocycles. The van der Waals surface area contributed by atoms with E-state index < -0.39 is 8.32 Å². The van der Waals surface area contributed by atoms with E-state index in [0.29, 0.717) is 46.5 Å². The van der Waals surface area contributed by atoms with Crippen molar-refractivity contribution in [2.24, 2.45) is 40.4 Å². The van der Waals surface area contributed by atoms with E-state index in [2.05, 4.69) is 68.5 Å². The summed E-state index contributed by atoms with van der Waals surface area (Å²) in [5, 5.41) is 12.0. The molecule has 4 unspecified atom stereocenters. The molecule has 0 aromatic heterocycles. The Labute approximate surface area is 189 Å². The van der Waals surface area contributed by atoms with Crippen LogP contribution in [0.5, 0.6) is 0 Å². The molecule has 0 radical (unpaired) electrons. The number of aliphatic hydroxyl groups is 1. The van der Waals surface area contributed by atoms with E-state index in [-0.39, 0.29) is 11.1 Å². The summed E-state index contributed by atoms with van der Waals surface area (Å²) < 4.78 is 6.93. The minimum Gasteiger partial charge on any atom is -0.414 e. The van der Waals surface area contributed by atoms with E-state index in [4.69, 9.17) is 4.43 Å². The summed E-state index contributed by atoms with van der Waals surface area (Å²) in [5.41, 5.74) is 0.739. The second-order valence-corrected chi connectivity index (χ2v) is 18.4. The Kier molecular flexibility index (Phi) is 6.75. The highest BCUT2D eigenvalue weighted by Gasteiger charge is 2.61. The van der Waals surface area contributed by atoms with Crippen molar-refractivity contribution < 1.29 is 9.53 Å². The van der Waals surface area contributed by atoms with Crippen molar-refractivity contribution in [3.05, 3.63) is 0 Å². The molecule has 3 aliphatic carbocycles. The molecule has 8 atom stereocenters. The van der Waals surface area contributed by atoms with E-state index >= 15 is 0 Å². The Balaban J connectivity index is 1.89. The first kappa shape index (κ1) is 24.8. The zero-order chi connectivity index (χ0) is 22.7. The first-order valence-electron chi connectivity index (χ1n) is 13.1. The quantitative estimate of drug-likeness (QED) is 0.458. The maximum atomic E-state index is 11.8. The molecular formula is C27H52O2Si. The molecule has 3 rings (SSSR count). The van der Waals surface area contributed by atoms with E-state index in [1.54, 1.807) is 0 Å². The predicted octanol–water partition coefficient (Wildman–Crippen LogP) is 7.66. The summed E-state index contributed by atoms with van der Waals surface area (Å²) in [4.78, 5) is 0. The van der Waals surface area contributed by atoms with Crippen LogP contribution in [0.1, 0.15) is 100 Å². The fourth-order valence-electron chi connectivity index (χ4n) is 7.98. The Morgan fingerprint density at radius 1 is 0.967 bits per heavy atom. The summed E-state index contributed by atoms with van der Waals surface area (Å²) in [6, 6.07) is 0. The van der Waals surface area contributed by atoms with Crippen LogP contribution in [0.2, 0.25) is 18.1 Å². The van der Waals surface area contributed by atoms with Gasteiger partial charge in [-0.2, -0.15) is 0 Å². The molecule has 3 aliphatic rings. The zero-order valence-corrected chi connectivity index (χ0v) is 22.8. The van der Waals surface area contributed by atoms with Crippen LogP contribution in [0, 0.1) is 40.4 Å². The molecule has 0 heterocycles. The van der Waals surface area contributed by atoms with Crippen molar-refractivity contribution in [2.75, 3.05) is 0 Å². The molecule has 0 spiro atoms. The summed E-state index contributed by atoms with van der Waals surface area (Å²) in [6.07, 6.45) is 8.88. The fraction of sp³-hybridized carbons (Fsp3) is 1.00. The lowest BCUT2D eigenvalue weighted by Crippen LogP contribution is -2.62. The molecular weight excluding hydrogens is 384 g/mol. The van der Waals surface area contributed by atoms with Gasteiger partial charge in [0, 0.05) is 6.10 Å². The second-order valence-electron chi connectivity index (χ2n) is 13.7. The Hall–Kier alpha value is 0.137. The van der Waals surface area contributed by atoms with Gasteiger partial charge in [0.2, 0.25) is 0 Å². The average molecular weight is 437 g/mol. The highest BCUT2D eigenvalue weighted by Crippen LogP contribution is 2.65. The highest BCUT2D eigenvalue weighted by atomic mass is 28.4. The number of fused-ring (bicyclic) bond motifs is 3. The van der Waals surface area contributed by atoms with Gasteiger partial charge in [-0.25, -0.2) is 0 Å². The molecule has 3 fully saturated rings. The molecule has 176 valence electrons. The number of hydrogen-bond acceptors (Lipinski definition) is 2. The Morgan fingerprint density at radius 2 is 1.60 bits per heavy atom. The van der Waals surface area contributed by atoms with Gasteiger partial charge in [0.15, 0.2) is 8.32 Å². The van der Waals surface area contributed by atoms with Gasteiger partial charge in [0.25, 0.3) is 0 Å². The molecule has 1 N–H and O–H groups in total. The Morgan fingerprint density at radius 3 is 2.13 bits per heavy atom. The molecule has 0 aromatic rings. The lowest BCUT2D eigenvalue weighted by atomic mass is 9.41. The standard InChI is InChI=1S/C27H52O2Si/c1-11-19-22-17-18(29-30(9,10)25(3,4)5)13-16-27(22,8)21-14-15-26(6,7)20(12-2)23(21)24(19)28/h18-24,28H,11-17H2,1-10H3/t18?,19-,20?,21?,22+,23?,24-,27-/m1/s1. The minimum absolute atomic E-state index is 0.130. The lowest BCUT2D eigenvalue weighted by molar-refractivity contribution is -0.201. The topological polar surface area (TPSA) is 29.5 Å². The summed E-state index contributed by atoms with van der Waals surface area (Å²) in [7, 11) is -1.76. The molecule has 0 aromatic carbocycles. The van der Waals surface area contributed by atoms with Crippen molar-refractivity contribution in [2.45, 2.75) is 131 Å². The average Bonchev–Trinajstić information content (AvgIpc) is 2.61. The van der Waals surface area contributed by atoms with Crippen LogP contribution in [0.25, 0.3) is 0 Å². The smallest absolute Gasteiger partial charge is 0.192 e. The summed E-state index contributed by atoms with van der Waals surface area (Å²) in [6.45, 7) is 24.1. The van der Waals surface area contributed by atoms with Gasteiger partial charge >= 0.3 is 0 Å². The molecule has 3 heteroatoms. The summed E-state index contributed by atoms with van der Waals surface area (Å²) >= 11 is 0. The van der Waals surface area contributed by atoms with Gasteiger partial charge in [0.1, 0.15) is 0 Å². The van der Waals surface area contributed by atoms with E-state index in [9.17, 15) is 5.11 Å². The van der Waals surface area contributed by atoms with Gasteiger partial charge in [-0.3, -0.25) is 0 Å². The van der Waals surface area contributed by atoms with Crippen molar-refractivity contribution >= 4 is 8.32 Å². The van der Waals surface area contributed by atoms with Gasteiger partial charge in [-0.05, 0) is 90.7 Å². The van der Waals surface area contributed by atoms with Crippen LogP contribution in [-0.2, 0) is 4.43 Å². The van der Waals surface area contributed by atoms with E-state index in [0.717, 1.165) is 6.42 Å². The predicted molar refractivity (Wildman–Crippen MR) is 131 cm³/mol. The maximum absolute atomic E-state index is 11.8. The van der Waals surface area contributed by atoms with E-state index in [1.165, 1.54) is 38.5 Å². The zero-order valence-electron chi connectivity index (χ0n) is 21.8. The van der Waals surface area contributed by atoms with Gasteiger partial charge in [-0.15, -0.1) is 0 Å². The lowest BCUT2D eigenvalue weighted by Gasteiger charge is -2.65. The van der Waals surface area contributed by atoms with Gasteiger partial charge in [-0.1, -0.05) is 68.2 Å². The first-order chi connectivity index (χ1) is 13.7. The van der Waals surface area contributed by atoms with Gasteiger partial charge < -0.3 is 9.53 Å². The van der Waals surface area contributed by atoms with Gasteiger partial charge in [0.05, 0.1) is 6.10 Å². The number of hydrogen-bond donors (Lipinski definition) is 1. The number of rotatable bonds is 4. The monoisotopic (exact) mass is 436 g/mol. The molecule has 3 saturated carbocycles. The largest absolute Gasteiger partial charge is 0.414 e. The van der Waals surface area contributed by atoms with Crippen LogP contribution < -0.4 is 0 Å². The third-order valence-corrected chi connectivity index (χ3v) is 15.3. The van der Waals surface area contributed by atoms with Crippen molar-refractivity contribution in [3.8, 4) is 0 Å². The number of aliphatic hydroxyl groups excluding tert-OH is 1. The van der Waals surface area contributed by atoms with Crippen LogP contribution in [0.15, 0.2) is 0 Å². The first-order valence-corrected chi connectivity index (χ1v) is 16.0. The fourth-order valence-corrected chi connectivity index (χ4v) is 9.38. The third-order valence-electron chi connectivity index (χ3n) is 10.8. The molecule has 2 nitrogen and oxygen atoms in total. The summed E-state index contributed by atoms with van der Waals surface area (Å²) in [5.74, 6) is 2.88.